The van der Waals surface area contributed by atoms with Gasteiger partial charge in [-0.25, -0.2) is 19.7 Å². The molecule has 0 aliphatic rings. The molecule has 11 heteroatoms. The van der Waals surface area contributed by atoms with Gasteiger partial charge in [0.1, 0.15) is 17.7 Å². The maximum atomic E-state index is 12.7. The summed E-state index contributed by atoms with van der Waals surface area (Å²) in [6.07, 6.45) is 6.73. The summed E-state index contributed by atoms with van der Waals surface area (Å²) in [5, 5.41) is 10.7. The van der Waals surface area contributed by atoms with Crippen LogP contribution in [0.4, 0.5) is 23.3 Å². The highest BCUT2D eigenvalue weighted by atomic mass is 16.5. The molecule has 4 rings (SSSR count). The van der Waals surface area contributed by atoms with Crippen LogP contribution in [0.5, 0.6) is 5.75 Å². The van der Waals surface area contributed by atoms with Gasteiger partial charge in [-0.05, 0) is 43.2 Å². The highest BCUT2D eigenvalue weighted by Gasteiger charge is 2.20. The summed E-state index contributed by atoms with van der Waals surface area (Å²) < 4.78 is 12.5. The molecule has 3 aromatic heterocycles. The number of nitrogens with zero attached hydrogens (tertiary/aromatic N) is 6. The smallest absolute Gasteiger partial charge is 0.343 e. The number of aryl methyl sites for hydroxylation is 2. The Kier molecular flexibility index (Phi) is 7.69. The molecule has 1 aromatic carbocycles. The van der Waals surface area contributed by atoms with Crippen LogP contribution < -0.4 is 15.4 Å². The molecule has 0 saturated carbocycles. The van der Waals surface area contributed by atoms with Crippen molar-refractivity contribution in [3.63, 3.8) is 0 Å². The van der Waals surface area contributed by atoms with E-state index in [0.29, 0.717) is 28.6 Å². The first kappa shape index (κ1) is 24.6. The number of esters is 1. The lowest BCUT2D eigenvalue weighted by Gasteiger charge is -2.16. The molecule has 0 aliphatic heterocycles. The van der Waals surface area contributed by atoms with E-state index in [1.54, 1.807) is 38.3 Å². The first-order chi connectivity index (χ1) is 17.5. The molecule has 0 aliphatic carbocycles. The minimum Gasteiger partial charge on any atom is -0.494 e. The van der Waals surface area contributed by atoms with Crippen LogP contribution in [-0.4, -0.2) is 49.4 Å². The Bertz CT molecular complexity index is 1350. The molecule has 0 atom stereocenters. The Labute approximate surface area is 208 Å². The van der Waals surface area contributed by atoms with Crippen molar-refractivity contribution in [3.05, 3.63) is 60.2 Å². The predicted molar refractivity (Wildman–Crippen MR) is 136 cm³/mol. The number of nitrogens with one attached hydrogen (secondary N) is 2. The molecular weight excluding hydrogens is 460 g/mol. The van der Waals surface area contributed by atoms with Gasteiger partial charge < -0.3 is 20.1 Å². The van der Waals surface area contributed by atoms with E-state index in [0.717, 1.165) is 18.4 Å². The second-order valence-electron chi connectivity index (χ2n) is 7.85. The van der Waals surface area contributed by atoms with Crippen molar-refractivity contribution in [2.24, 2.45) is 7.05 Å². The number of para-hydroxylation sites is 1. The van der Waals surface area contributed by atoms with E-state index in [4.69, 9.17) is 9.47 Å². The minimum absolute atomic E-state index is 0.179. The van der Waals surface area contributed by atoms with Crippen molar-refractivity contribution >= 4 is 29.2 Å². The maximum Gasteiger partial charge on any atom is 0.343 e. The van der Waals surface area contributed by atoms with Gasteiger partial charge in [-0.1, -0.05) is 19.4 Å². The standard InChI is InChI=1S/C25H28N8O3/c1-5-8-16-11-12-26-20(13-16)30-25-27-14-18(24(34)36-6-2)23(31-25)29-19-10-7-9-17(21(19)35-4)22-28-15-33(3)32-22/h7,9-15H,5-6,8H2,1-4H3,(H2,26,27,29,30,31). The number of pyridine rings is 1. The molecule has 0 bridgehead atoms. The molecule has 0 amide bonds. The summed E-state index contributed by atoms with van der Waals surface area (Å²) in [5.74, 6) is 1.59. The highest BCUT2D eigenvalue weighted by molar-refractivity contribution is 5.96. The number of rotatable bonds is 10. The fourth-order valence-corrected chi connectivity index (χ4v) is 3.62. The number of ether oxygens (including phenoxy) is 2. The summed E-state index contributed by atoms with van der Waals surface area (Å²) in [7, 11) is 3.35. The number of hydrogen-bond acceptors (Lipinski definition) is 10. The molecule has 0 fully saturated rings. The van der Waals surface area contributed by atoms with E-state index >= 15 is 0 Å². The Morgan fingerprint density at radius 2 is 1.97 bits per heavy atom. The molecule has 0 radical (unpaired) electrons. The van der Waals surface area contributed by atoms with Gasteiger partial charge in [0.2, 0.25) is 5.95 Å². The number of methoxy groups -OCH3 is 1. The van der Waals surface area contributed by atoms with Gasteiger partial charge in [-0.15, -0.1) is 0 Å². The molecule has 0 unspecified atom stereocenters. The first-order valence-corrected chi connectivity index (χ1v) is 11.6. The van der Waals surface area contributed by atoms with Gasteiger partial charge in [-0.3, -0.25) is 4.68 Å². The molecule has 0 spiro atoms. The van der Waals surface area contributed by atoms with Crippen LogP contribution in [0, 0.1) is 0 Å². The van der Waals surface area contributed by atoms with Crippen molar-refractivity contribution in [2.75, 3.05) is 24.4 Å². The summed E-state index contributed by atoms with van der Waals surface area (Å²) in [4.78, 5) is 30.2. The van der Waals surface area contributed by atoms with Crippen molar-refractivity contribution in [1.29, 1.82) is 0 Å². The van der Waals surface area contributed by atoms with Gasteiger partial charge >= 0.3 is 5.97 Å². The second kappa shape index (κ2) is 11.3. The third-order valence-electron chi connectivity index (χ3n) is 5.20. The zero-order valence-electron chi connectivity index (χ0n) is 20.6. The number of aromatic nitrogens is 6. The van der Waals surface area contributed by atoms with Crippen LogP contribution in [0.15, 0.2) is 49.1 Å². The topological polar surface area (TPSA) is 129 Å². The molecule has 186 valence electrons. The number of benzene rings is 1. The van der Waals surface area contributed by atoms with E-state index < -0.39 is 5.97 Å². The van der Waals surface area contributed by atoms with Crippen molar-refractivity contribution in [1.82, 2.24) is 29.7 Å². The molecule has 4 aromatic rings. The van der Waals surface area contributed by atoms with Crippen molar-refractivity contribution in [3.8, 4) is 17.1 Å². The average Bonchev–Trinajstić information content (AvgIpc) is 3.31. The zero-order chi connectivity index (χ0) is 25.5. The van der Waals surface area contributed by atoms with Gasteiger partial charge in [-0.2, -0.15) is 10.1 Å². The normalized spacial score (nSPS) is 10.7. The third-order valence-corrected chi connectivity index (χ3v) is 5.20. The lowest BCUT2D eigenvalue weighted by Crippen LogP contribution is -2.12. The van der Waals surface area contributed by atoms with Gasteiger partial charge in [0.05, 0.1) is 25.0 Å². The Morgan fingerprint density at radius 1 is 1.11 bits per heavy atom. The maximum absolute atomic E-state index is 12.7. The first-order valence-electron chi connectivity index (χ1n) is 11.6. The van der Waals surface area contributed by atoms with Gasteiger partial charge in [0.15, 0.2) is 17.4 Å². The highest BCUT2D eigenvalue weighted by Crippen LogP contribution is 2.36. The van der Waals surface area contributed by atoms with Crippen LogP contribution in [0.2, 0.25) is 0 Å². The molecule has 11 nitrogen and oxygen atoms in total. The van der Waals surface area contributed by atoms with Crippen LogP contribution in [0.25, 0.3) is 11.4 Å². The van der Waals surface area contributed by atoms with E-state index in [1.807, 2.05) is 30.3 Å². The Morgan fingerprint density at radius 3 is 2.69 bits per heavy atom. The number of anilines is 4. The molecule has 3 heterocycles. The molecule has 36 heavy (non-hydrogen) atoms. The second-order valence-corrected chi connectivity index (χ2v) is 7.85. The largest absolute Gasteiger partial charge is 0.494 e. The average molecular weight is 489 g/mol. The number of carbonyl (C=O) groups excluding carboxylic acids is 1. The van der Waals surface area contributed by atoms with Crippen molar-refractivity contribution in [2.45, 2.75) is 26.7 Å². The van der Waals surface area contributed by atoms with E-state index in [2.05, 4.69) is 42.6 Å². The summed E-state index contributed by atoms with van der Waals surface area (Å²) in [6, 6.07) is 9.43. The molecule has 2 N–H and O–H groups in total. The van der Waals surface area contributed by atoms with Gasteiger partial charge in [0.25, 0.3) is 0 Å². The summed E-state index contributed by atoms with van der Waals surface area (Å²) in [6.45, 7) is 4.08. The monoisotopic (exact) mass is 488 g/mol. The SMILES string of the molecule is CCCc1ccnc(Nc2ncc(C(=O)OCC)c(Nc3cccc(-c4ncn(C)n4)c3OC)n2)c1. The lowest BCUT2D eigenvalue weighted by molar-refractivity contribution is 0.0526. The van der Waals surface area contributed by atoms with Crippen LogP contribution in [0.1, 0.15) is 36.2 Å². The Balaban J connectivity index is 1.71. The summed E-state index contributed by atoms with van der Waals surface area (Å²) >= 11 is 0. The van der Waals surface area contributed by atoms with E-state index in [9.17, 15) is 4.79 Å². The fourth-order valence-electron chi connectivity index (χ4n) is 3.62. The fraction of sp³-hybridized carbons (Fsp3) is 0.280. The van der Waals surface area contributed by atoms with Crippen molar-refractivity contribution < 1.29 is 14.3 Å². The van der Waals surface area contributed by atoms with Crippen LogP contribution in [-0.2, 0) is 18.2 Å². The molecular formula is C25H28N8O3. The summed E-state index contributed by atoms with van der Waals surface area (Å²) in [5.41, 5.74) is 2.59. The molecule has 0 saturated heterocycles. The van der Waals surface area contributed by atoms with Crippen LogP contribution in [0.3, 0.4) is 0 Å². The zero-order valence-corrected chi connectivity index (χ0v) is 20.6. The van der Waals surface area contributed by atoms with Gasteiger partial charge in [0, 0.05) is 19.4 Å². The van der Waals surface area contributed by atoms with Crippen LogP contribution >= 0.6 is 0 Å². The number of hydrogen-bond donors (Lipinski definition) is 2. The lowest BCUT2D eigenvalue weighted by atomic mass is 10.1. The number of carbonyl (C=O) groups is 1. The predicted octanol–water partition coefficient (Wildman–Crippen LogP) is 4.29. The Hall–Kier alpha value is -4.54. The third kappa shape index (κ3) is 5.57. The minimum atomic E-state index is -0.545. The van der Waals surface area contributed by atoms with E-state index in [1.165, 1.54) is 6.20 Å². The van der Waals surface area contributed by atoms with E-state index in [-0.39, 0.29) is 23.9 Å². The quantitative estimate of drug-likeness (QED) is 0.312.